The van der Waals surface area contributed by atoms with Crippen LogP contribution in [0.2, 0.25) is 0 Å². The lowest BCUT2D eigenvalue weighted by molar-refractivity contribution is -0.672. The van der Waals surface area contributed by atoms with Crippen molar-refractivity contribution < 1.29 is 17.5 Å². The van der Waals surface area contributed by atoms with E-state index in [1.165, 1.54) is 15.5 Å². The van der Waals surface area contributed by atoms with E-state index in [0.29, 0.717) is 13.0 Å². The van der Waals surface area contributed by atoms with Gasteiger partial charge in [-0.2, -0.15) is 4.57 Å². The third-order valence-corrected chi connectivity index (χ3v) is 5.49. The summed E-state index contributed by atoms with van der Waals surface area (Å²) in [7, 11) is -4.14. The van der Waals surface area contributed by atoms with E-state index < -0.39 is 10.1 Å². The topological polar surface area (TPSA) is 61.1 Å². The van der Waals surface area contributed by atoms with Crippen LogP contribution in [0.5, 0.6) is 0 Å². The van der Waals surface area contributed by atoms with Crippen molar-refractivity contribution in [3.05, 3.63) is 41.4 Å². The van der Waals surface area contributed by atoms with Gasteiger partial charge in [-0.3, -0.25) is 0 Å². The van der Waals surface area contributed by atoms with Gasteiger partial charge in [0, 0.05) is 30.6 Å². The molecule has 3 aromatic rings. The number of benzene rings is 2. The van der Waals surface area contributed by atoms with Crippen molar-refractivity contribution in [1.82, 2.24) is 0 Å². The average molecular weight is 321 g/mol. The van der Waals surface area contributed by atoms with Crippen LogP contribution in [0.3, 0.4) is 0 Å². The quantitative estimate of drug-likeness (QED) is 0.548. The third-order valence-electron chi connectivity index (χ3n) is 3.56. The van der Waals surface area contributed by atoms with Crippen molar-refractivity contribution in [1.29, 1.82) is 0 Å². The molecule has 0 saturated carbocycles. The largest absolute Gasteiger partial charge is 0.748 e. The second-order valence-corrected chi connectivity index (χ2v) is 7.75. The molecule has 1 aromatic heterocycles. The Balaban J connectivity index is 2.03. The minimum absolute atomic E-state index is 0.315. The molecule has 0 spiro atoms. The van der Waals surface area contributed by atoms with Gasteiger partial charge in [0.05, 0.1) is 10.1 Å². The molecule has 0 aliphatic rings. The maximum atomic E-state index is 10.7. The molecule has 3 rings (SSSR count). The Morgan fingerprint density at radius 3 is 2.71 bits per heavy atom. The van der Waals surface area contributed by atoms with Gasteiger partial charge in [-0.25, -0.2) is 8.42 Å². The van der Waals surface area contributed by atoms with Gasteiger partial charge in [0.1, 0.15) is 4.70 Å². The summed E-state index contributed by atoms with van der Waals surface area (Å²) in [6, 6.07) is 12.3. The van der Waals surface area contributed by atoms with Gasteiger partial charge in [-0.15, -0.1) is 0 Å². The van der Waals surface area contributed by atoms with E-state index in [9.17, 15) is 13.0 Å². The summed E-state index contributed by atoms with van der Waals surface area (Å²) in [6.07, 6.45) is 0.343. The molecule has 0 N–H and O–H groups in total. The fourth-order valence-corrected chi connectivity index (χ4v) is 4.26. The molecule has 0 unspecified atom stereocenters. The summed E-state index contributed by atoms with van der Waals surface area (Å²) >= 11 is 1.70. The summed E-state index contributed by atoms with van der Waals surface area (Å²) < 4.78 is 35.5. The SMILES string of the molecule is Cc1sc2c3ccccc3ccc2[n+]1CCCS(=O)(=O)[O-]. The zero-order valence-electron chi connectivity index (χ0n) is 11.6. The highest BCUT2D eigenvalue weighted by atomic mass is 32.2. The second kappa shape index (κ2) is 5.36. The van der Waals surface area contributed by atoms with Gasteiger partial charge < -0.3 is 4.55 Å². The normalized spacial score (nSPS) is 12.3. The molecule has 21 heavy (non-hydrogen) atoms. The van der Waals surface area contributed by atoms with E-state index in [0.717, 1.165) is 10.5 Å². The van der Waals surface area contributed by atoms with E-state index in [4.69, 9.17) is 0 Å². The van der Waals surface area contributed by atoms with E-state index >= 15 is 0 Å². The monoisotopic (exact) mass is 321 g/mol. The van der Waals surface area contributed by atoms with Crippen LogP contribution < -0.4 is 4.57 Å². The molecule has 6 heteroatoms. The predicted molar refractivity (Wildman–Crippen MR) is 83.4 cm³/mol. The number of aromatic nitrogens is 1. The van der Waals surface area contributed by atoms with Crippen molar-refractivity contribution in [2.75, 3.05) is 5.75 Å². The molecule has 110 valence electrons. The second-order valence-electron chi connectivity index (χ2n) is 5.02. The molecule has 1 heterocycles. The molecule has 0 bridgehead atoms. The highest BCUT2D eigenvalue weighted by molar-refractivity contribution is 7.85. The van der Waals surface area contributed by atoms with E-state index in [1.807, 2.05) is 19.1 Å². The highest BCUT2D eigenvalue weighted by Crippen LogP contribution is 2.28. The van der Waals surface area contributed by atoms with Gasteiger partial charge in [-0.1, -0.05) is 35.6 Å². The van der Waals surface area contributed by atoms with E-state index in [2.05, 4.69) is 28.8 Å². The van der Waals surface area contributed by atoms with Crippen LogP contribution in [-0.4, -0.2) is 18.7 Å². The van der Waals surface area contributed by atoms with Crippen LogP contribution >= 0.6 is 11.3 Å². The molecule has 4 nitrogen and oxygen atoms in total. The van der Waals surface area contributed by atoms with Crippen LogP contribution in [0.15, 0.2) is 36.4 Å². The van der Waals surface area contributed by atoms with Gasteiger partial charge >= 0.3 is 0 Å². The number of thiazole rings is 1. The Bertz CT molecular complexity index is 913. The van der Waals surface area contributed by atoms with Crippen LogP contribution in [0.1, 0.15) is 11.4 Å². The Hall–Kier alpha value is -1.50. The highest BCUT2D eigenvalue weighted by Gasteiger charge is 2.18. The molecule has 0 fully saturated rings. The molecular weight excluding hydrogens is 306 g/mol. The summed E-state index contributed by atoms with van der Waals surface area (Å²) in [5.74, 6) is -0.315. The molecule has 0 radical (unpaired) electrons. The lowest BCUT2D eigenvalue weighted by atomic mass is 10.1. The zero-order valence-corrected chi connectivity index (χ0v) is 13.2. The minimum atomic E-state index is -4.14. The first-order valence-corrected chi connectivity index (χ1v) is 9.09. The fraction of sp³-hybridized carbons (Fsp3) is 0.267. The number of hydrogen-bond acceptors (Lipinski definition) is 4. The van der Waals surface area contributed by atoms with Gasteiger partial charge in [-0.05, 0) is 11.5 Å². The van der Waals surface area contributed by atoms with Crippen LogP contribution in [0, 0.1) is 6.92 Å². The lowest BCUT2D eigenvalue weighted by Gasteiger charge is -2.04. The summed E-state index contributed by atoms with van der Waals surface area (Å²) in [5, 5.41) is 3.52. The Kier molecular flexibility index (Phi) is 3.69. The van der Waals surface area contributed by atoms with Crippen LogP contribution in [0.25, 0.3) is 21.0 Å². The number of nitrogens with zero attached hydrogens (tertiary/aromatic N) is 1. The molecule has 2 aromatic carbocycles. The number of rotatable bonds is 4. The Labute approximate surface area is 127 Å². The first kappa shape index (κ1) is 14.4. The molecule has 0 saturated heterocycles. The van der Waals surface area contributed by atoms with Gasteiger partial charge in [0.2, 0.25) is 10.5 Å². The van der Waals surface area contributed by atoms with E-state index in [1.54, 1.807) is 11.3 Å². The van der Waals surface area contributed by atoms with Crippen molar-refractivity contribution in [3.63, 3.8) is 0 Å². The van der Waals surface area contributed by atoms with Gasteiger partial charge in [0.25, 0.3) is 0 Å². The van der Waals surface area contributed by atoms with E-state index in [-0.39, 0.29) is 5.75 Å². The van der Waals surface area contributed by atoms with Crippen molar-refractivity contribution in [3.8, 4) is 0 Å². The maximum absolute atomic E-state index is 10.7. The third kappa shape index (κ3) is 2.92. The first-order chi connectivity index (χ1) is 9.96. The van der Waals surface area contributed by atoms with Crippen molar-refractivity contribution >= 4 is 42.4 Å². The summed E-state index contributed by atoms with van der Waals surface area (Å²) in [5.41, 5.74) is 1.10. The summed E-state index contributed by atoms with van der Waals surface area (Å²) in [4.78, 5) is 0. The summed E-state index contributed by atoms with van der Waals surface area (Å²) in [6.45, 7) is 2.57. The van der Waals surface area contributed by atoms with Crippen LogP contribution in [0.4, 0.5) is 0 Å². The van der Waals surface area contributed by atoms with Crippen LogP contribution in [-0.2, 0) is 16.7 Å². The zero-order chi connectivity index (χ0) is 15.0. The Morgan fingerprint density at radius 1 is 1.19 bits per heavy atom. The minimum Gasteiger partial charge on any atom is -0.748 e. The maximum Gasteiger partial charge on any atom is 0.235 e. The smallest absolute Gasteiger partial charge is 0.235 e. The first-order valence-electron chi connectivity index (χ1n) is 6.70. The molecule has 0 aliphatic carbocycles. The van der Waals surface area contributed by atoms with Crippen molar-refractivity contribution in [2.24, 2.45) is 0 Å². The fourth-order valence-electron chi connectivity index (χ4n) is 2.60. The number of fused-ring (bicyclic) bond motifs is 3. The molecule has 0 amide bonds. The average Bonchev–Trinajstić information content (AvgIpc) is 2.74. The lowest BCUT2D eigenvalue weighted by Crippen LogP contribution is -2.35. The predicted octanol–water partition coefficient (Wildman–Crippen LogP) is 2.59. The molecular formula is C15H15NO3S2. The molecule has 0 aliphatic heterocycles. The van der Waals surface area contributed by atoms with Crippen molar-refractivity contribution in [2.45, 2.75) is 19.9 Å². The standard InChI is InChI=1S/C15H15NO3S2/c1-11-16(9-4-10-21(17,18)19)14-8-7-12-5-2-3-6-13(12)15(14)20-11/h2-3,5-8H,4,9-10H2,1H3. The Morgan fingerprint density at radius 2 is 1.95 bits per heavy atom. The van der Waals surface area contributed by atoms with Gasteiger partial charge in [0.15, 0.2) is 6.54 Å². The number of aryl methyl sites for hydroxylation is 2. The molecule has 0 atom stereocenters. The number of hydrogen-bond donors (Lipinski definition) is 0.